The fourth-order valence-electron chi connectivity index (χ4n) is 3.37. The minimum atomic E-state index is -3.55. The summed E-state index contributed by atoms with van der Waals surface area (Å²) in [6, 6.07) is 13.6. The quantitative estimate of drug-likeness (QED) is 0.751. The third kappa shape index (κ3) is 3.81. The number of nitrogens with one attached hydrogen (secondary N) is 1. The molecule has 1 N–H and O–H groups in total. The molecule has 2 aromatic rings. The predicted octanol–water partition coefficient (Wildman–Crippen LogP) is 4.43. The van der Waals surface area contributed by atoms with Gasteiger partial charge < -0.3 is 5.32 Å². The highest BCUT2D eigenvalue weighted by atomic mass is 35.5. The van der Waals surface area contributed by atoms with Gasteiger partial charge in [0.25, 0.3) is 0 Å². The standard InChI is InChI=1S/C21H25ClN2O3S/c1-15(2)24(3)28(26,27)19-10-8-18(9-11-19)23-20(25)21(12-5-13-21)16-6-4-7-17(22)14-16/h4,6-11,14-15H,5,12-13H2,1-3H3,(H,23,25). The molecule has 1 aliphatic rings. The maximum Gasteiger partial charge on any atom is 0.243 e. The molecule has 0 aromatic heterocycles. The number of benzene rings is 2. The van der Waals surface area contributed by atoms with Crippen molar-refractivity contribution in [2.45, 2.75) is 49.5 Å². The zero-order chi connectivity index (χ0) is 20.5. The van der Waals surface area contributed by atoms with E-state index < -0.39 is 15.4 Å². The van der Waals surface area contributed by atoms with E-state index in [9.17, 15) is 13.2 Å². The summed E-state index contributed by atoms with van der Waals surface area (Å²) in [5.74, 6) is -0.0871. The number of hydrogen-bond acceptors (Lipinski definition) is 3. The maximum atomic E-state index is 13.0. The van der Waals surface area contributed by atoms with Crippen LogP contribution in [-0.2, 0) is 20.2 Å². The van der Waals surface area contributed by atoms with Crippen LogP contribution < -0.4 is 5.32 Å². The summed E-state index contributed by atoms with van der Waals surface area (Å²) >= 11 is 6.11. The first kappa shape index (κ1) is 20.8. The van der Waals surface area contributed by atoms with E-state index in [1.54, 1.807) is 25.2 Å². The molecule has 1 aliphatic carbocycles. The Bertz CT molecular complexity index is 967. The Balaban J connectivity index is 1.80. The van der Waals surface area contributed by atoms with Crippen LogP contribution in [0.3, 0.4) is 0 Å². The minimum absolute atomic E-state index is 0.0871. The van der Waals surface area contributed by atoms with Gasteiger partial charge in [-0.3, -0.25) is 4.79 Å². The number of halogens is 1. The lowest BCUT2D eigenvalue weighted by Crippen LogP contribution is -2.46. The Hall–Kier alpha value is -1.89. The SMILES string of the molecule is CC(C)N(C)S(=O)(=O)c1ccc(NC(=O)C2(c3cccc(Cl)c3)CCC2)cc1. The van der Waals surface area contributed by atoms with E-state index in [-0.39, 0.29) is 16.8 Å². The molecule has 0 radical (unpaired) electrons. The monoisotopic (exact) mass is 420 g/mol. The molecule has 150 valence electrons. The van der Waals surface area contributed by atoms with Gasteiger partial charge in [0.15, 0.2) is 0 Å². The summed E-state index contributed by atoms with van der Waals surface area (Å²) in [5.41, 5.74) is 0.916. The summed E-state index contributed by atoms with van der Waals surface area (Å²) in [6.07, 6.45) is 2.52. The van der Waals surface area contributed by atoms with E-state index in [4.69, 9.17) is 11.6 Å². The second kappa shape index (κ2) is 7.85. The largest absolute Gasteiger partial charge is 0.325 e. The molecular weight excluding hydrogens is 396 g/mol. The lowest BCUT2D eigenvalue weighted by molar-refractivity contribution is -0.124. The fraction of sp³-hybridized carbons (Fsp3) is 0.381. The highest BCUT2D eigenvalue weighted by molar-refractivity contribution is 7.89. The van der Waals surface area contributed by atoms with Crippen LogP contribution in [0.4, 0.5) is 5.69 Å². The molecule has 0 bridgehead atoms. The van der Waals surface area contributed by atoms with Gasteiger partial charge in [0, 0.05) is 23.8 Å². The molecule has 0 unspecified atom stereocenters. The summed E-state index contributed by atoms with van der Waals surface area (Å²) in [4.78, 5) is 13.2. The summed E-state index contributed by atoms with van der Waals surface area (Å²) in [5, 5.41) is 3.55. The van der Waals surface area contributed by atoms with Crippen LogP contribution in [0.15, 0.2) is 53.4 Å². The van der Waals surface area contributed by atoms with Gasteiger partial charge in [-0.15, -0.1) is 0 Å². The van der Waals surface area contributed by atoms with Crippen LogP contribution in [0.2, 0.25) is 5.02 Å². The average Bonchev–Trinajstić information content (AvgIpc) is 2.60. The number of sulfonamides is 1. The van der Waals surface area contributed by atoms with E-state index in [0.717, 1.165) is 24.8 Å². The number of nitrogens with zero attached hydrogens (tertiary/aromatic N) is 1. The van der Waals surface area contributed by atoms with Crippen LogP contribution >= 0.6 is 11.6 Å². The van der Waals surface area contributed by atoms with Gasteiger partial charge in [-0.05, 0) is 68.7 Å². The van der Waals surface area contributed by atoms with Crippen LogP contribution in [0, 0.1) is 0 Å². The third-order valence-electron chi connectivity index (χ3n) is 5.54. The molecule has 0 spiro atoms. The number of hydrogen-bond donors (Lipinski definition) is 1. The first-order valence-corrected chi connectivity index (χ1v) is 11.1. The molecule has 0 aliphatic heterocycles. The molecule has 7 heteroatoms. The Morgan fingerprint density at radius 2 is 1.79 bits per heavy atom. The zero-order valence-corrected chi connectivity index (χ0v) is 17.8. The Labute approximate surface area is 171 Å². The summed E-state index contributed by atoms with van der Waals surface area (Å²) in [6.45, 7) is 3.64. The van der Waals surface area contributed by atoms with Crippen molar-refractivity contribution in [3.63, 3.8) is 0 Å². The van der Waals surface area contributed by atoms with Gasteiger partial charge >= 0.3 is 0 Å². The number of amides is 1. The highest BCUT2D eigenvalue weighted by Gasteiger charge is 2.45. The first-order valence-electron chi connectivity index (χ1n) is 9.32. The Kier molecular flexibility index (Phi) is 5.84. The number of rotatable bonds is 6. The third-order valence-corrected chi connectivity index (χ3v) is 7.82. The molecule has 5 nitrogen and oxygen atoms in total. The van der Waals surface area contributed by atoms with E-state index in [1.807, 2.05) is 32.0 Å². The normalized spacial score (nSPS) is 16.1. The van der Waals surface area contributed by atoms with Gasteiger partial charge in [0.05, 0.1) is 10.3 Å². The van der Waals surface area contributed by atoms with Gasteiger partial charge in [-0.1, -0.05) is 30.2 Å². The molecule has 1 saturated carbocycles. The van der Waals surface area contributed by atoms with E-state index in [0.29, 0.717) is 10.7 Å². The predicted molar refractivity (Wildman–Crippen MR) is 112 cm³/mol. The van der Waals surface area contributed by atoms with Gasteiger partial charge in [0.2, 0.25) is 15.9 Å². The maximum absolute atomic E-state index is 13.0. The zero-order valence-electron chi connectivity index (χ0n) is 16.3. The van der Waals surface area contributed by atoms with E-state index in [1.165, 1.54) is 16.4 Å². The van der Waals surface area contributed by atoms with Crippen LogP contribution in [0.5, 0.6) is 0 Å². The average molecular weight is 421 g/mol. The van der Waals surface area contributed by atoms with E-state index in [2.05, 4.69) is 5.32 Å². The summed E-state index contributed by atoms with van der Waals surface area (Å²) < 4.78 is 26.5. The Morgan fingerprint density at radius 1 is 1.14 bits per heavy atom. The van der Waals surface area contributed by atoms with Crippen LogP contribution in [0.25, 0.3) is 0 Å². The molecule has 2 aromatic carbocycles. The van der Waals surface area contributed by atoms with Crippen molar-refractivity contribution in [2.24, 2.45) is 0 Å². The van der Waals surface area contributed by atoms with Gasteiger partial charge in [-0.25, -0.2) is 8.42 Å². The molecule has 0 atom stereocenters. The van der Waals surface area contributed by atoms with Crippen molar-refractivity contribution in [3.05, 3.63) is 59.1 Å². The van der Waals surface area contributed by atoms with Crippen LogP contribution in [0.1, 0.15) is 38.7 Å². The highest BCUT2D eigenvalue weighted by Crippen LogP contribution is 2.45. The Morgan fingerprint density at radius 3 is 2.29 bits per heavy atom. The van der Waals surface area contributed by atoms with Gasteiger partial charge in [-0.2, -0.15) is 4.31 Å². The summed E-state index contributed by atoms with van der Waals surface area (Å²) in [7, 11) is -1.99. The van der Waals surface area contributed by atoms with Crippen LogP contribution in [-0.4, -0.2) is 31.7 Å². The second-order valence-corrected chi connectivity index (χ2v) is 9.97. The lowest BCUT2D eigenvalue weighted by Gasteiger charge is -2.40. The number of carbonyl (C=O) groups excluding carboxylic acids is 1. The van der Waals surface area contributed by atoms with Crippen molar-refractivity contribution in [1.82, 2.24) is 4.31 Å². The molecule has 1 amide bonds. The molecule has 0 saturated heterocycles. The lowest BCUT2D eigenvalue weighted by atomic mass is 9.64. The molecule has 1 fully saturated rings. The van der Waals surface area contributed by atoms with E-state index >= 15 is 0 Å². The number of anilines is 1. The number of carbonyl (C=O) groups is 1. The van der Waals surface area contributed by atoms with Crippen molar-refractivity contribution in [3.8, 4) is 0 Å². The van der Waals surface area contributed by atoms with Gasteiger partial charge in [0.1, 0.15) is 0 Å². The second-order valence-electron chi connectivity index (χ2n) is 7.54. The van der Waals surface area contributed by atoms with Crippen molar-refractivity contribution in [2.75, 3.05) is 12.4 Å². The van der Waals surface area contributed by atoms with Crippen molar-refractivity contribution >= 4 is 33.2 Å². The smallest absolute Gasteiger partial charge is 0.243 e. The fourth-order valence-corrected chi connectivity index (χ4v) is 4.93. The minimum Gasteiger partial charge on any atom is -0.325 e. The molecule has 3 rings (SSSR count). The first-order chi connectivity index (χ1) is 13.2. The topological polar surface area (TPSA) is 66.5 Å². The molecular formula is C21H25ClN2O3S. The van der Waals surface area contributed by atoms with Crippen molar-refractivity contribution in [1.29, 1.82) is 0 Å². The van der Waals surface area contributed by atoms with Crippen molar-refractivity contribution < 1.29 is 13.2 Å². The molecule has 28 heavy (non-hydrogen) atoms. The molecule has 0 heterocycles.